The minimum absolute atomic E-state index is 0.137. The van der Waals surface area contributed by atoms with Crippen LogP contribution in [0.15, 0.2) is 12.3 Å². The molecule has 0 aromatic carbocycles. The van der Waals surface area contributed by atoms with Crippen molar-refractivity contribution in [2.75, 3.05) is 32.8 Å². The van der Waals surface area contributed by atoms with E-state index < -0.39 is 0 Å². The topological polar surface area (TPSA) is 68.2 Å². The Morgan fingerprint density at radius 1 is 1.68 bits per heavy atom. The second-order valence-corrected chi connectivity index (χ2v) is 4.63. The highest BCUT2D eigenvalue weighted by molar-refractivity contribution is 5.92. The number of ether oxygens (including phenoxy) is 1. The molecule has 1 amide bonds. The molecule has 1 atom stereocenters. The summed E-state index contributed by atoms with van der Waals surface area (Å²) >= 11 is 0. The average Bonchev–Trinajstić information content (AvgIpc) is 2.94. The molecule has 0 aliphatic carbocycles. The first kappa shape index (κ1) is 14.0. The highest BCUT2D eigenvalue weighted by Gasteiger charge is 2.17. The van der Waals surface area contributed by atoms with Gasteiger partial charge in [-0.3, -0.25) is 9.48 Å². The van der Waals surface area contributed by atoms with Crippen molar-refractivity contribution in [2.45, 2.75) is 25.8 Å². The van der Waals surface area contributed by atoms with E-state index in [0.717, 1.165) is 25.9 Å². The van der Waals surface area contributed by atoms with E-state index in [-0.39, 0.29) is 5.91 Å². The van der Waals surface area contributed by atoms with Gasteiger partial charge in [0.05, 0.1) is 12.6 Å². The lowest BCUT2D eigenvalue weighted by Gasteiger charge is -2.22. The number of hydrogen-bond donors (Lipinski definition) is 2. The maximum Gasteiger partial charge on any atom is 0.271 e. The molecule has 1 aromatic heterocycles. The molecule has 106 valence electrons. The molecule has 19 heavy (non-hydrogen) atoms. The van der Waals surface area contributed by atoms with Crippen LogP contribution in [0.2, 0.25) is 0 Å². The van der Waals surface area contributed by atoms with Crippen LogP contribution in [0.3, 0.4) is 0 Å². The molecule has 2 rings (SSSR count). The molecule has 1 aliphatic rings. The average molecular weight is 266 g/mol. The molecular formula is C13H22N4O2. The Morgan fingerprint density at radius 3 is 3.32 bits per heavy atom. The van der Waals surface area contributed by atoms with Crippen molar-refractivity contribution in [3.8, 4) is 0 Å². The second kappa shape index (κ2) is 7.25. The predicted molar refractivity (Wildman–Crippen MR) is 72.2 cm³/mol. The molecule has 6 heteroatoms. The second-order valence-electron chi connectivity index (χ2n) is 4.63. The Balaban J connectivity index is 1.83. The summed E-state index contributed by atoms with van der Waals surface area (Å²) in [5, 5.41) is 10.5. The first-order valence-electron chi connectivity index (χ1n) is 6.93. The third kappa shape index (κ3) is 4.04. The number of aromatic nitrogens is 2. The molecule has 2 N–H and O–H groups in total. The van der Waals surface area contributed by atoms with E-state index in [9.17, 15) is 4.79 Å². The fourth-order valence-electron chi connectivity index (χ4n) is 2.19. The smallest absolute Gasteiger partial charge is 0.271 e. The minimum Gasteiger partial charge on any atom is -0.380 e. The Morgan fingerprint density at radius 2 is 2.58 bits per heavy atom. The lowest BCUT2D eigenvalue weighted by Crippen LogP contribution is -2.32. The molecule has 1 unspecified atom stereocenters. The zero-order valence-corrected chi connectivity index (χ0v) is 11.4. The molecule has 0 saturated carbocycles. The van der Waals surface area contributed by atoms with Gasteiger partial charge in [-0.1, -0.05) is 0 Å². The van der Waals surface area contributed by atoms with Gasteiger partial charge in [0.2, 0.25) is 0 Å². The number of nitrogens with one attached hydrogen (secondary N) is 2. The Bertz CT molecular complexity index is 399. The summed E-state index contributed by atoms with van der Waals surface area (Å²) in [4.78, 5) is 11.8. The summed E-state index contributed by atoms with van der Waals surface area (Å²) in [6.07, 6.45) is 4.15. The van der Waals surface area contributed by atoms with Crippen molar-refractivity contribution in [1.82, 2.24) is 20.4 Å². The summed E-state index contributed by atoms with van der Waals surface area (Å²) in [5.74, 6) is -0.137. The zero-order chi connectivity index (χ0) is 13.5. The molecular weight excluding hydrogens is 244 g/mol. The van der Waals surface area contributed by atoms with E-state index in [1.807, 2.05) is 17.8 Å². The van der Waals surface area contributed by atoms with Gasteiger partial charge in [0.25, 0.3) is 5.91 Å². The highest BCUT2D eigenvalue weighted by atomic mass is 16.5. The van der Waals surface area contributed by atoms with Crippen LogP contribution in [0, 0.1) is 0 Å². The minimum atomic E-state index is -0.137. The largest absolute Gasteiger partial charge is 0.380 e. The van der Waals surface area contributed by atoms with Crippen LogP contribution in [0.4, 0.5) is 0 Å². The number of carbonyl (C=O) groups is 1. The first-order chi connectivity index (χ1) is 9.31. The summed E-state index contributed by atoms with van der Waals surface area (Å²) in [6, 6.07) is 2.13. The van der Waals surface area contributed by atoms with Gasteiger partial charge in [0, 0.05) is 25.9 Å². The number of rotatable bonds is 6. The molecule has 1 aliphatic heterocycles. The molecule has 0 spiro atoms. The summed E-state index contributed by atoms with van der Waals surface area (Å²) in [7, 11) is 0. The van der Waals surface area contributed by atoms with Crippen LogP contribution in [-0.2, 0) is 4.74 Å². The van der Waals surface area contributed by atoms with Crippen LogP contribution in [-0.4, -0.2) is 48.5 Å². The fourth-order valence-corrected chi connectivity index (χ4v) is 2.19. The van der Waals surface area contributed by atoms with Gasteiger partial charge in [-0.05, 0) is 32.4 Å². The van der Waals surface area contributed by atoms with Crippen LogP contribution in [0.25, 0.3) is 0 Å². The molecule has 0 radical (unpaired) electrons. The summed E-state index contributed by atoms with van der Waals surface area (Å²) in [6.45, 7) is 5.65. The maximum absolute atomic E-state index is 11.8. The number of piperidine rings is 1. The SMILES string of the molecule is CCOCCNC(=O)c1ccn(C2CCCNC2)n1. The van der Waals surface area contributed by atoms with Crippen LogP contribution >= 0.6 is 0 Å². The third-order valence-corrected chi connectivity index (χ3v) is 3.22. The summed E-state index contributed by atoms with van der Waals surface area (Å²) in [5.41, 5.74) is 0.474. The number of carbonyl (C=O) groups excluding carboxylic acids is 1. The Kier molecular flexibility index (Phi) is 5.35. The van der Waals surface area contributed by atoms with E-state index in [2.05, 4.69) is 15.7 Å². The van der Waals surface area contributed by atoms with E-state index in [1.165, 1.54) is 0 Å². The number of nitrogens with zero attached hydrogens (tertiary/aromatic N) is 2. The number of hydrogen-bond acceptors (Lipinski definition) is 4. The molecule has 1 aromatic rings. The van der Waals surface area contributed by atoms with Crippen molar-refractivity contribution in [3.05, 3.63) is 18.0 Å². The lowest BCUT2D eigenvalue weighted by molar-refractivity contribution is 0.0916. The predicted octanol–water partition coefficient (Wildman–Crippen LogP) is 0.574. The Labute approximate surface area is 113 Å². The van der Waals surface area contributed by atoms with Crippen LogP contribution in [0.1, 0.15) is 36.3 Å². The fraction of sp³-hybridized carbons (Fsp3) is 0.692. The number of amides is 1. The van der Waals surface area contributed by atoms with Gasteiger partial charge >= 0.3 is 0 Å². The maximum atomic E-state index is 11.8. The molecule has 6 nitrogen and oxygen atoms in total. The summed E-state index contributed by atoms with van der Waals surface area (Å²) < 4.78 is 7.06. The van der Waals surface area contributed by atoms with Crippen LogP contribution < -0.4 is 10.6 Å². The van der Waals surface area contributed by atoms with Gasteiger partial charge in [-0.15, -0.1) is 0 Å². The van der Waals surface area contributed by atoms with E-state index in [1.54, 1.807) is 6.07 Å². The van der Waals surface area contributed by atoms with Crippen molar-refractivity contribution in [1.29, 1.82) is 0 Å². The van der Waals surface area contributed by atoms with Crippen molar-refractivity contribution < 1.29 is 9.53 Å². The van der Waals surface area contributed by atoms with Crippen molar-refractivity contribution in [2.24, 2.45) is 0 Å². The molecule has 1 saturated heterocycles. The van der Waals surface area contributed by atoms with E-state index in [4.69, 9.17) is 4.74 Å². The van der Waals surface area contributed by atoms with Gasteiger partial charge in [-0.25, -0.2) is 0 Å². The van der Waals surface area contributed by atoms with Crippen molar-refractivity contribution in [3.63, 3.8) is 0 Å². The standard InChI is InChI=1S/C13H22N4O2/c1-2-19-9-7-15-13(18)12-5-8-17(16-12)11-4-3-6-14-10-11/h5,8,11,14H,2-4,6-7,9-10H2,1H3,(H,15,18). The monoisotopic (exact) mass is 266 g/mol. The first-order valence-corrected chi connectivity index (χ1v) is 6.93. The van der Waals surface area contributed by atoms with Gasteiger partial charge in [0.1, 0.15) is 5.69 Å². The van der Waals surface area contributed by atoms with Crippen molar-refractivity contribution >= 4 is 5.91 Å². The van der Waals surface area contributed by atoms with E-state index in [0.29, 0.717) is 31.5 Å². The normalized spacial score (nSPS) is 19.3. The van der Waals surface area contributed by atoms with Gasteiger partial charge < -0.3 is 15.4 Å². The Hall–Kier alpha value is -1.40. The van der Waals surface area contributed by atoms with Gasteiger partial charge in [-0.2, -0.15) is 5.10 Å². The quantitative estimate of drug-likeness (QED) is 0.739. The highest BCUT2D eigenvalue weighted by Crippen LogP contribution is 2.15. The van der Waals surface area contributed by atoms with Gasteiger partial charge in [0.15, 0.2) is 0 Å². The third-order valence-electron chi connectivity index (χ3n) is 3.22. The molecule has 2 heterocycles. The zero-order valence-electron chi connectivity index (χ0n) is 11.4. The van der Waals surface area contributed by atoms with E-state index >= 15 is 0 Å². The van der Waals surface area contributed by atoms with Crippen LogP contribution in [0.5, 0.6) is 0 Å². The molecule has 1 fully saturated rings. The molecule has 0 bridgehead atoms. The lowest BCUT2D eigenvalue weighted by atomic mass is 10.1.